The molecule has 0 aromatic heterocycles. The fourth-order valence-electron chi connectivity index (χ4n) is 2.57. The SMILES string of the molecule is C=C1c2cc(N)ccc2C=CN1Cc1ccc(O)cc1C. The maximum absolute atomic E-state index is 9.50. The zero-order valence-corrected chi connectivity index (χ0v) is 12.0. The van der Waals surface area contributed by atoms with Gasteiger partial charge in [-0.1, -0.05) is 18.7 Å². The Labute approximate surface area is 124 Å². The van der Waals surface area contributed by atoms with E-state index in [9.17, 15) is 5.11 Å². The second kappa shape index (κ2) is 5.02. The van der Waals surface area contributed by atoms with Gasteiger partial charge in [0.1, 0.15) is 5.75 Å². The van der Waals surface area contributed by atoms with Crippen molar-refractivity contribution in [2.45, 2.75) is 13.5 Å². The van der Waals surface area contributed by atoms with Gasteiger partial charge in [-0.05, 0) is 54.0 Å². The van der Waals surface area contributed by atoms with Crippen LogP contribution in [0.1, 0.15) is 22.3 Å². The van der Waals surface area contributed by atoms with E-state index in [1.54, 1.807) is 12.1 Å². The third kappa shape index (κ3) is 2.50. The molecule has 0 fully saturated rings. The van der Waals surface area contributed by atoms with Crippen LogP contribution in [0.25, 0.3) is 11.8 Å². The average molecular weight is 278 g/mol. The molecule has 1 heterocycles. The fraction of sp³-hybridized carbons (Fsp3) is 0.111. The van der Waals surface area contributed by atoms with Crippen molar-refractivity contribution in [1.82, 2.24) is 4.90 Å². The Balaban J connectivity index is 1.90. The minimum atomic E-state index is 0.294. The lowest BCUT2D eigenvalue weighted by Gasteiger charge is -2.28. The summed E-state index contributed by atoms with van der Waals surface area (Å²) >= 11 is 0. The van der Waals surface area contributed by atoms with Crippen molar-refractivity contribution in [3.8, 4) is 5.75 Å². The van der Waals surface area contributed by atoms with Gasteiger partial charge < -0.3 is 15.7 Å². The lowest BCUT2D eigenvalue weighted by atomic mass is 9.99. The number of anilines is 1. The van der Waals surface area contributed by atoms with Crippen LogP contribution in [0, 0.1) is 6.92 Å². The van der Waals surface area contributed by atoms with Crippen LogP contribution in [0.15, 0.2) is 49.2 Å². The van der Waals surface area contributed by atoms with Crippen LogP contribution in [0.2, 0.25) is 0 Å². The molecule has 0 unspecified atom stereocenters. The molecule has 0 atom stereocenters. The summed E-state index contributed by atoms with van der Waals surface area (Å²) in [5.74, 6) is 0.294. The Kier molecular flexibility index (Phi) is 3.18. The van der Waals surface area contributed by atoms with Gasteiger partial charge in [0.2, 0.25) is 0 Å². The zero-order chi connectivity index (χ0) is 15.0. The summed E-state index contributed by atoms with van der Waals surface area (Å²) in [4.78, 5) is 2.10. The predicted molar refractivity (Wildman–Crippen MR) is 87.3 cm³/mol. The number of nitrogen functional groups attached to an aromatic ring is 1. The van der Waals surface area contributed by atoms with Gasteiger partial charge in [0.15, 0.2) is 0 Å². The normalized spacial score (nSPS) is 13.4. The molecule has 3 nitrogen and oxygen atoms in total. The molecule has 0 saturated carbocycles. The Morgan fingerprint density at radius 2 is 2.00 bits per heavy atom. The minimum absolute atomic E-state index is 0.294. The third-order valence-corrected chi connectivity index (χ3v) is 3.84. The molecule has 0 radical (unpaired) electrons. The highest BCUT2D eigenvalue weighted by Crippen LogP contribution is 2.31. The molecule has 2 aromatic carbocycles. The Morgan fingerprint density at radius 3 is 2.76 bits per heavy atom. The van der Waals surface area contributed by atoms with E-state index < -0.39 is 0 Å². The average Bonchev–Trinajstić information content (AvgIpc) is 2.45. The molecule has 0 amide bonds. The highest BCUT2D eigenvalue weighted by molar-refractivity contribution is 5.78. The van der Waals surface area contributed by atoms with Crippen LogP contribution < -0.4 is 5.73 Å². The first kappa shape index (κ1) is 13.3. The van der Waals surface area contributed by atoms with Crippen molar-refractivity contribution in [2.24, 2.45) is 0 Å². The van der Waals surface area contributed by atoms with Crippen molar-refractivity contribution in [2.75, 3.05) is 5.73 Å². The topological polar surface area (TPSA) is 49.5 Å². The zero-order valence-electron chi connectivity index (χ0n) is 12.0. The largest absolute Gasteiger partial charge is 0.508 e. The number of hydrogen-bond donors (Lipinski definition) is 2. The maximum Gasteiger partial charge on any atom is 0.115 e. The number of hydrogen-bond acceptors (Lipinski definition) is 3. The van der Waals surface area contributed by atoms with Crippen LogP contribution in [0.3, 0.4) is 0 Å². The summed E-state index contributed by atoms with van der Waals surface area (Å²) in [5, 5.41) is 9.50. The number of rotatable bonds is 2. The minimum Gasteiger partial charge on any atom is -0.508 e. The second-order valence-corrected chi connectivity index (χ2v) is 5.35. The third-order valence-electron chi connectivity index (χ3n) is 3.84. The van der Waals surface area contributed by atoms with Gasteiger partial charge >= 0.3 is 0 Å². The lowest BCUT2D eigenvalue weighted by molar-refractivity contribution is 0.473. The second-order valence-electron chi connectivity index (χ2n) is 5.35. The van der Waals surface area contributed by atoms with Gasteiger partial charge in [-0.15, -0.1) is 0 Å². The van der Waals surface area contributed by atoms with Gasteiger partial charge in [-0.25, -0.2) is 0 Å². The van der Waals surface area contributed by atoms with E-state index in [1.165, 1.54) is 0 Å². The number of fused-ring (bicyclic) bond motifs is 1. The van der Waals surface area contributed by atoms with E-state index in [-0.39, 0.29) is 0 Å². The summed E-state index contributed by atoms with van der Waals surface area (Å²) in [5.41, 5.74) is 12.0. The Hall–Kier alpha value is -2.68. The summed E-state index contributed by atoms with van der Waals surface area (Å²) in [6, 6.07) is 11.3. The standard InChI is InChI=1S/C18H18N2O/c1-12-9-17(21)6-4-15(12)11-20-8-7-14-3-5-16(19)10-18(14)13(20)2/h3-10,21H,2,11,19H2,1H3. The van der Waals surface area contributed by atoms with Gasteiger partial charge in [-0.3, -0.25) is 0 Å². The molecule has 0 aliphatic carbocycles. The molecule has 0 bridgehead atoms. The smallest absolute Gasteiger partial charge is 0.115 e. The molecule has 3 heteroatoms. The van der Waals surface area contributed by atoms with E-state index in [1.807, 2.05) is 37.4 Å². The van der Waals surface area contributed by atoms with Gasteiger partial charge in [-0.2, -0.15) is 0 Å². The van der Waals surface area contributed by atoms with E-state index >= 15 is 0 Å². The van der Waals surface area contributed by atoms with E-state index in [4.69, 9.17) is 5.73 Å². The molecular formula is C18H18N2O. The van der Waals surface area contributed by atoms with E-state index in [0.717, 1.165) is 40.2 Å². The molecule has 3 rings (SSSR count). The van der Waals surface area contributed by atoms with Crippen molar-refractivity contribution < 1.29 is 5.11 Å². The van der Waals surface area contributed by atoms with E-state index in [0.29, 0.717) is 5.75 Å². The molecule has 0 saturated heterocycles. The summed E-state index contributed by atoms with van der Waals surface area (Å²) in [6.07, 6.45) is 4.10. The monoisotopic (exact) mass is 278 g/mol. The maximum atomic E-state index is 9.50. The molecule has 3 N–H and O–H groups in total. The molecule has 2 aromatic rings. The molecular weight excluding hydrogens is 260 g/mol. The first-order valence-corrected chi connectivity index (χ1v) is 6.87. The van der Waals surface area contributed by atoms with E-state index in [2.05, 4.69) is 17.6 Å². The van der Waals surface area contributed by atoms with Crippen LogP contribution in [0.5, 0.6) is 5.75 Å². The Bertz CT molecular complexity index is 747. The van der Waals surface area contributed by atoms with Gasteiger partial charge in [0.05, 0.1) is 0 Å². The fourth-order valence-corrected chi connectivity index (χ4v) is 2.57. The molecule has 1 aliphatic heterocycles. The summed E-state index contributed by atoms with van der Waals surface area (Å²) < 4.78 is 0. The number of phenols is 1. The van der Waals surface area contributed by atoms with Gasteiger partial charge in [0.25, 0.3) is 0 Å². The first-order chi connectivity index (χ1) is 10.0. The molecule has 106 valence electrons. The predicted octanol–water partition coefficient (Wildman–Crippen LogP) is 3.74. The molecule has 1 aliphatic rings. The summed E-state index contributed by atoms with van der Waals surface area (Å²) in [7, 11) is 0. The quantitative estimate of drug-likeness (QED) is 0.823. The molecule has 21 heavy (non-hydrogen) atoms. The van der Waals surface area contributed by atoms with Crippen LogP contribution >= 0.6 is 0 Å². The van der Waals surface area contributed by atoms with Crippen molar-refractivity contribution >= 4 is 17.5 Å². The lowest BCUT2D eigenvalue weighted by Crippen LogP contribution is -2.18. The number of nitrogens with two attached hydrogens (primary N) is 1. The summed E-state index contributed by atoms with van der Waals surface area (Å²) in [6.45, 7) is 6.91. The highest BCUT2D eigenvalue weighted by Gasteiger charge is 2.16. The number of nitrogens with zero attached hydrogens (tertiary/aromatic N) is 1. The number of benzene rings is 2. The number of phenolic OH excluding ortho intramolecular Hbond substituents is 1. The number of aromatic hydroxyl groups is 1. The Morgan fingerprint density at radius 1 is 1.19 bits per heavy atom. The first-order valence-electron chi connectivity index (χ1n) is 6.87. The van der Waals surface area contributed by atoms with Crippen LogP contribution in [-0.2, 0) is 6.54 Å². The van der Waals surface area contributed by atoms with Crippen molar-refractivity contribution in [3.05, 3.63) is 71.4 Å². The van der Waals surface area contributed by atoms with Crippen LogP contribution in [0.4, 0.5) is 5.69 Å². The number of aryl methyl sites for hydroxylation is 1. The van der Waals surface area contributed by atoms with Crippen LogP contribution in [-0.4, -0.2) is 10.0 Å². The molecule has 0 spiro atoms. The van der Waals surface area contributed by atoms with Crippen molar-refractivity contribution in [1.29, 1.82) is 0 Å². The highest BCUT2D eigenvalue weighted by atomic mass is 16.3. The van der Waals surface area contributed by atoms with Gasteiger partial charge in [0, 0.05) is 29.7 Å². The van der Waals surface area contributed by atoms with Crippen molar-refractivity contribution in [3.63, 3.8) is 0 Å².